The first-order chi connectivity index (χ1) is 6.72. The first-order valence-electron chi connectivity index (χ1n) is 4.78. The summed E-state index contributed by atoms with van der Waals surface area (Å²) in [4.78, 5) is 0. The number of hydrogen-bond donors (Lipinski definition) is 2. The molecule has 0 atom stereocenters. The number of nitrogens with one attached hydrogen (secondary N) is 1. The molecule has 0 spiro atoms. The van der Waals surface area contributed by atoms with Crippen molar-refractivity contribution in [3.05, 3.63) is 23.8 Å². The van der Waals surface area contributed by atoms with Crippen LogP contribution in [0.1, 0.15) is 18.4 Å². The fourth-order valence-corrected chi connectivity index (χ4v) is 1.80. The van der Waals surface area contributed by atoms with Crippen molar-refractivity contribution in [2.45, 2.75) is 18.4 Å². The lowest BCUT2D eigenvalue weighted by atomic mass is 10.0. The van der Waals surface area contributed by atoms with Crippen LogP contribution in [0.2, 0.25) is 0 Å². The number of methoxy groups -OCH3 is 1. The largest absolute Gasteiger partial charge is 0.508 e. The monoisotopic (exact) mass is 193 g/mol. The molecule has 0 radical (unpaired) electrons. The molecule has 0 unspecified atom stereocenters. The van der Waals surface area contributed by atoms with E-state index < -0.39 is 0 Å². The van der Waals surface area contributed by atoms with Gasteiger partial charge >= 0.3 is 0 Å². The molecular formula is C11H15NO2. The maximum atomic E-state index is 9.74. The Labute approximate surface area is 83.7 Å². The second-order valence-corrected chi connectivity index (χ2v) is 3.72. The zero-order valence-electron chi connectivity index (χ0n) is 8.50. The second-order valence-electron chi connectivity index (χ2n) is 3.72. The number of hydrogen-bond acceptors (Lipinski definition) is 3. The molecule has 1 aliphatic carbocycles. The van der Waals surface area contributed by atoms with Gasteiger partial charge in [0, 0.05) is 11.1 Å². The highest BCUT2D eigenvalue weighted by Gasteiger charge is 2.44. The van der Waals surface area contributed by atoms with Crippen LogP contribution >= 0.6 is 0 Å². The molecule has 14 heavy (non-hydrogen) atoms. The topological polar surface area (TPSA) is 41.5 Å². The number of rotatable bonds is 3. The van der Waals surface area contributed by atoms with Gasteiger partial charge in [-0.25, -0.2) is 0 Å². The molecule has 2 N–H and O–H groups in total. The number of phenols is 1. The Morgan fingerprint density at radius 3 is 2.64 bits per heavy atom. The third kappa shape index (κ3) is 1.34. The van der Waals surface area contributed by atoms with Gasteiger partial charge in [-0.1, -0.05) is 0 Å². The number of phenolic OH excluding ortho intramolecular Hbond substituents is 1. The van der Waals surface area contributed by atoms with Gasteiger partial charge in [0.1, 0.15) is 11.5 Å². The first-order valence-corrected chi connectivity index (χ1v) is 4.78. The molecule has 0 aliphatic heterocycles. The van der Waals surface area contributed by atoms with Gasteiger partial charge in [0.05, 0.1) is 7.11 Å². The Balaban J connectivity index is 2.41. The zero-order valence-corrected chi connectivity index (χ0v) is 8.50. The highest BCUT2D eigenvalue weighted by Crippen LogP contribution is 2.49. The van der Waals surface area contributed by atoms with E-state index in [1.54, 1.807) is 19.2 Å². The molecule has 76 valence electrons. The first kappa shape index (κ1) is 9.34. The van der Waals surface area contributed by atoms with Crippen LogP contribution in [0.15, 0.2) is 18.2 Å². The number of ether oxygens (including phenoxy) is 1. The van der Waals surface area contributed by atoms with Gasteiger partial charge in [-0.15, -0.1) is 0 Å². The minimum absolute atomic E-state index is 0.0153. The van der Waals surface area contributed by atoms with Gasteiger partial charge in [0.25, 0.3) is 0 Å². The molecule has 0 amide bonds. The summed E-state index contributed by atoms with van der Waals surface area (Å²) in [5.74, 6) is 1.14. The van der Waals surface area contributed by atoms with E-state index in [-0.39, 0.29) is 5.54 Å². The van der Waals surface area contributed by atoms with Crippen LogP contribution in [-0.4, -0.2) is 19.3 Å². The Morgan fingerprint density at radius 2 is 2.14 bits per heavy atom. The zero-order chi connectivity index (χ0) is 10.2. The summed E-state index contributed by atoms with van der Waals surface area (Å²) in [5, 5.41) is 13.0. The molecule has 1 aromatic rings. The van der Waals surface area contributed by atoms with E-state index in [1.165, 1.54) is 0 Å². The summed E-state index contributed by atoms with van der Waals surface area (Å²) >= 11 is 0. The summed E-state index contributed by atoms with van der Waals surface area (Å²) in [6.45, 7) is 0. The van der Waals surface area contributed by atoms with Crippen molar-refractivity contribution in [3.63, 3.8) is 0 Å². The normalized spacial score (nSPS) is 17.9. The standard InChI is InChI=1S/C11H15NO2/c1-12-11(5-6-11)9-7-8(14-2)3-4-10(9)13/h3-4,7,12-13H,5-6H2,1-2H3. The maximum absolute atomic E-state index is 9.74. The van der Waals surface area contributed by atoms with Crippen LogP contribution in [-0.2, 0) is 5.54 Å². The van der Waals surface area contributed by atoms with Gasteiger partial charge < -0.3 is 15.2 Å². The molecule has 3 heteroatoms. The van der Waals surface area contributed by atoms with Crippen molar-refractivity contribution >= 4 is 0 Å². The third-order valence-corrected chi connectivity index (χ3v) is 2.95. The summed E-state index contributed by atoms with van der Waals surface area (Å²) in [7, 11) is 3.56. The van der Waals surface area contributed by atoms with E-state index in [0.717, 1.165) is 24.2 Å². The van der Waals surface area contributed by atoms with E-state index in [1.807, 2.05) is 13.1 Å². The van der Waals surface area contributed by atoms with Gasteiger partial charge in [-0.05, 0) is 38.1 Å². The van der Waals surface area contributed by atoms with Crippen molar-refractivity contribution in [2.24, 2.45) is 0 Å². The van der Waals surface area contributed by atoms with E-state index in [0.29, 0.717) is 5.75 Å². The smallest absolute Gasteiger partial charge is 0.120 e. The van der Waals surface area contributed by atoms with Gasteiger partial charge in [-0.2, -0.15) is 0 Å². The summed E-state index contributed by atoms with van der Waals surface area (Å²) in [6.07, 6.45) is 2.15. The van der Waals surface area contributed by atoms with Crippen molar-refractivity contribution in [1.82, 2.24) is 5.32 Å². The van der Waals surface area contributed by atoms with E-state index in [2.05, 4.69) is 5.32 Å². The van der Waals surface area contributed by atoms with Gasteiger partial charge in [0.2, 0.25) is 0 Å². The van der Waals surface area contributed by atoms with E-state index >= 15 is 0 Å². The average molecular weight is 193 g/mol. The van der Waals surface area contributed by atoms with Crippen molar-refractivity contribution in [1.29, 1.82) is 0 Å². The fraction of sp³-hybridized carbons (Fsp3) is 0.455. The predicted molar refractivity (Wildman–Crippen MR) is 54.6 cm³/mol. The molecule has 3 nitrogen and oxygen atoms in total. The molecule has 1 aliphatic rings. The molecule has 2 rings (SSSR count). The maximum Gasteiger partial charge on any atom is 0.120 e. The Bertz CT molecular complexity index is 345. The fourth-order valence-electron chi connectivity index (χ4n) is 1.80. The quantitative estimate of drug-likeness (QED) is 0.766. The van der Waals surface area contributed by atoms with E-state index in [9.17, 15) is 5.11 Å². The van der Waals surface area contributed by atoms with Crippen LogP contribution < -0.4 is 10.1 Å². The van der Waals surface area contributed by atoms with Crippen molar-refractivity contribution in [3.8, 4) is 11.5 Å². The SMILES string of the molecule is CNC1(c2cc(OC)ccc2O)CC1. The minimum atomic E-state index is -0.0153. The second kappa shape index (κ2) is 3.17. The van der Waals surface area contributed by atoms with E-state index in [4.69, 9.17) is 4.74 Å². The number of aromatic hydroxyl groups is 1. The molecule has 0 aromatic heterocycles. The van der Waals surface area contributed by atoms with Gasteiger partial charge in [-0.3, -0.25) is 0 Å². The van der Waals surface area contributed by atoms with Crippen LogP contribution in [0, 0.1) is 0 Å². The molecule has 1 saturated carbocycles. The van der Waals surface area contributed by atoms with Gasteiger partial charge in [0.15, 0.2) is 0 Å². The Kier molecular flexibility index (Phi) is 2.11. The lowest BCUT2D eigenvalue weighted by Gasteiger charge is -2.16. The van der Waals surface area contributed by atoms with Crippen LogP contribution in [0.25, 0.3) is 0 Å². The summed E-state index contributed by atoms with van der Waals surface area (Å²) < 4.78 is 5.14. The molecule has 1 fully saturated rings. The minimum Gasteiger partial charge on any atom is -0.508 e. The van der Waals surface area contributed by atoms with Crippen LogP contribution in [0.3, 0.4) is 0 Å². The van der Waals surface area contributed by atoms with Crippen molar-refractivity contribution in [2.75, 3.05) is 14.2 Å². The third-order valence-electron chi connectivity index (χ3n) is 2.95. The highest BCUT2D eigenvalue weighted by atomic mass is 16.5. The van der Waals surface area contributed by atoms with Crippen LogP contribution in [0.5, 0.6) is 11.5 Å². The highest BCUT2D eigenvalue weighted by molar-refractivity contribution is 5.46. The molecule has 1 aromatic carbocycles. The van der Waals surface area contributed by atoms with Crippen LogP contribution in [0.4, 0.5) is 0 Å². The lowest BCUT2D eigenvalue weighted by molar-refractivity contribution is 0.406. The molecule has 0 bridgehead atoms. The summed E-state index contributed by atoms with van der Waals surface area (Å²) in [6, 6.07) is 5.36. The predicted octanol–water partition coefficient (Wildman–Crippen LogP) is 1.61. The summed E-state index contributed by atoms with van der Waals surface area (Å²) in [5.41, 5.74) is 0.929. The Morgan fingerprint density at radius 1 is 1.43 bits per heavy atom. The molecule has 0 saturated heterocycles. The molecular weight excluding hydrogens is 178 g/mol. The average Bonchev–Trinajstić information content (AvgIpc) is 2.99. The molecule has 0 heterocycles. The number of benzene rings is 1. The lowest BCUT2D eigenvalue weighted by Crippen LogP contribution is -2.24. The Hall–Kier alpha value is -1.22. The van der Waals surface area contributed by atoms with Crippen molar-refractivity contribution < 1.29 is 9.84 Å².